The number of aryl methyl sites for hydroxylation is 2. The van der Waals surface area contributed by atoms with Crippen molar-refractivity contribution in [2.75, 3.05) is 13.2 Å². The molecule has 0 spiro atoms. The van der Waals surface area contributed by atoms with E-state index in [0.29, 0.717) is 24.8 Å². The van der Waals surface area contributed by atoms with Crippen LogP contribution in [0.15, 0.2) is 42.5 Å². The van der Waals surface area contributed by atoms with Crippen LogP contribution in [-0.4, -0.2) is 35.9 Å². The van der Waals surface area contributed by atoms with Crippen LogP contribution in [0, 0.1) is 26.7 Å². The number of hydrogen-bond donors (Lipinski definition) is 1. The summed E-state index contributed by atoms with van der Waals surface area (Å²) < 4.78 is 5.82. The standard InChI is InChI=1S/C25H34N2O3/c1-17(2)14-26-25(29)21(6)27(15-22-12-10-18(3)11-13-22)24(28)16-30-23-9-7-8-19(4)20(23)5/h7-13,17,21H,14-16H2,1-6H3,(H,26,29)/t21-/m0/s1. The molecule has 0 aliphatic heterocycles. The SMILES string of the molecule is Cc1ccc(CN(C(=O)COc2cccc(C)c2C)[C@@H](C)C(=O)NCC(C)C)cc1. The second kappa shape index (κ2) is 10.8. The first-order valence-electron chi connectivity index (χ1n) is 10.5. The molecule has 0 fully saturated rings. The van der Waals surface area contributed by atoms with Gasteiger partial charge in [0.25, 0.3) is 5.91 Å². The quantitative estimate of drug-likeness (QED) is 0.675. The number of ether oxygens (including phenoxy) is 1. The van der Waals surface area contributed by atoms with Crippen LogP contribution in [0.4, 0.5) is 0 Å². The smallest absolute Gasteiger partial charge is 0.261 e. The molecule has 0 heterocycles. The summed E-state index contributed by atoms with van der Waals surface area (Å²) in [6.07, 6.45) is 0. The van der Waals surface area contributed by atoms with Crippen molar-refractivity contribution in [2.24, 2.45) is 5.92 Å². The Bertz CT molecular complexity index is 859. The molecule has 0 aromatic heterocycles. The van der Waals surface area contributed by atoms with E-state index >= 15 is 0 Å². The summed E-state index contributed by atoms with van der Waals surface area (Å²) >= 11 is 0. The van der Waals surface area contributed by atoms with Gasteiger partial charge in [0.15, 0.2) is 6.61 Å². The number of nitrogens with zero attached hydrogens (tertiary/aromatic N) is 1. The summed E-state index contributed by atoms with van der Waals surface area (Å²) in [5.41, 5.74) is 4.25. The lowest BCUT2D eigenvalue weighted by molar-refractivity contribution is -0.142. The van der Waals surface area contributed by atoms with Crippen molar-refractivity contribution in [3.05, 3.63) is 64.7 Å². The lowest BCUT2D eigenvalue weighted by atomic mass is 10.1. The number of rotatable bonds is 9. The normalized spacial score (nSPS) is 11.8. The molecule has 30 heavy (non-hydrogen) atoms. The molecule has 2 rings (SSSR count). The van der Waals surface area contributed by atoms with Crippen molar-refractivity contribution in [3.8, 4) is 5.75 Å². The minimum absolute atomic E-state index is 0.113. The molecule has 1 atom stereocenters. The molecule has 0 aliphatic rings. The summed E-state index contributed by atoms with van der Waals surface area (Å²) in [5.74, 6) is 0.658. The Balaban J connectivity index is 2.15. The Morgan fingerprint density at radius 1 is 1.00 bits per heavy atom. The fourth-order valence-corrected chi connectivity index (χ4v) is 3.03. The maximum Gasteiger partial charge on any atom is 0.261 e. The topological polar surface area (TPSA) is 58.6 Å². The third kappa shape index (κ3) is 6.61. The van der Waals surface area contributed by atoms with E-state index in [1.807, 2.05) is 77.1 Å². The van der Waals surface area contributed by atoms with Crippen LogP contribution in [0.1, 0.15) is 43.0 Å². The van der Waals surface area contributed by atoms with Gasteiger partial charge in [-0.05, 0) is 56.4 Å². The number of benzene rings is 2. The van der Waals surface area contributed by atoms with Crippen LogP contribution in [0.2, 0.25) is 0 Å². The number of amides is 2. The van der Waals surface area contributed by atoms with Gasteiger partial charge in [0, 0.05) is 13.1 Å². The van der Waals surface area contributed by atoms with Crippen LogP contribution in [0.5, 0.6) is 5.75 Å². The van der Waals surface area contributed by atoms with E-state index in [2.05, 4.69) is 5.32 Å². The Kier molecular flexibility index (Phi) is 8.46. The molecule has 2 aromatic carbocycles. The summed E-state index contributed by atoms with van der Waals surface area (Å²) in [6.45, 7) is 12.7. The average molecular weight is 411 g/mol. The molecule has 0 aliphatic carbocycles. The van der Waals surface area contributed by atoms with E-state index in [0.717, 1.165) is 22.3 Å². The van der Waals surface area contributed by atoms with Gasteiger partial charge >= 0.3 is 0 Å². The van der Waals surface area contributed by atoms with Crippen molar-refractivity contribution in [1.29, 1.82) is 0 Å². The predicted octanol–water partition coefficient (Wildman–Crippen LogP) is 4.18. The molecule has 0 unspecified atom stereocenters. The van der Waals surface area contributed by atoms with E-state index < -0.39 is 6.04 Å². The highest BCUT2D eigenvalue weighted by molar-refractivity contribution is 5.88. The van der Waals surface area contributed by atoms with Crippen LogP contribution in [0.3, 0.4) is 0 Å². The Labute approximate surface area is 180 Å². The second-order valence-corrected chi connectivity index (χ2v) is 8.31. The molecular formula is C25H34N2O3. The van der Waals surface area contributed by atoms with E-state index in [9.17, 15) is 9.59 Å². The minimum atomic E-state index is -0.597. The predicted molar refractivity (Wildman–Crippen MR) is 120 cm³/mol. The van der Waals surface area contributed by atoms with Crippen molar-refractivity contribution >= 4 is 11.8 Å². The first-order valence-corrected chi connectivity index (χ1v) is 10.5. The first kappa shape index (κ1) is 23.5. The summed E-state index contributed by atoms with van der Waals surface area (Å²) in [6, 6.07) is 13.2. The molecule has 5 nitrogen and oxygen atoms in total. The Morgan fingerprint density at radius 3 is 2.30 bits per heavy atom. The highest BCUT2D eigenvalue weighted by atomic mass is 16.5. The highest BCUT2D eigenvalue weighted by Crippen LogP contribution is 2.21. The van der Waals surface area contributed by atoms with Crippen molar-refractivity contribution in [1.82, 2.24) is 10.2 Å². The molecule has 5 heteroatoms. The number of carbonyl (C=O) groups excluding carboxylic acids is 2. The largest absolute Gasteiger partial charge is 0.483 e. The fraction of sp³-hybridized carbons (Fsp3) is 0.440. The van der Waals surface area contributed by atoms with Crippen LogP contribution in [0.25, 0.3) is 0 Å². The van der Waals surface area contributed by atoms with Gasteiger partial charge in [-0.25, -0.2) is 0 Å². The molecule has 2 amide bonds. The van der Waals surface area contributed by atoms with Crippen molar-refractivity contribution < 1.29 is 14.3 Å². The second-order valence-electron chi connectivity index (χ2n) is 8.31. The fourth-order valence-electron chi connectivity index (χ4n) is 3.03. The lowest BCUT2D eigenvalue weighted by Crippen LogP contribution is -2.49. The van der Waals surface area contributed by atoms with Gasteiger partial charge in [-0.15, -0.1) is 0 Å². The van der Waals surface area contributed by atoms with Crippen LogP contribution >= 0.6 is 0 Å². The molecule has 0 saturated carbocycles. The number of carbonyl (C=O) groups is 2. The molecule has 0 bridgehead atoms. The van der Waals surface area contributed by atoms with Crippen LogP contribution in [-0.2, 0) is 16.1 Å². The molecule has 0 radical (unpaired) electrons. The summed E-state index contributed by atoms with van der Waals surface area (Å²) in [4.78, 5) is 27.3. The zero-order chi connectivity index (χ0) is 22.3. The van der Waals surface area contributed by atoms with E-state index in [1.54, 1.807) is 11.8 Å². The van der Waals surface area contributed by atoms with Gasteiger partial charge < -0.3 is 15.0 Å². The number of hydrogen-bond acceptors (Lipinski definition) is 3. The third-order valence-corrected chi connectivity index (χ3v) is 5.23. The van der Waals surface area contributed by atoms with Gasteiger partial charge in [0.1, 0.15) is 11.8 Å². The third-order valence-electron chi connectivity index (χ3n) is 5.23. The maximum absolute atomic E-state index is 13.1. The monoisotopic (exact) mass is 410 g/mol. The molecule has 1 N–H and O–H groups in total. The Morgan fingerprint density at radius 2 is 1.67 bits per heavy atom. The lowest BCUT2D eigenvalue weighted by Gasteiger charge is -2.29. The first-order chi connectivity index (χ1) is 14.2. The van der Waals surface area contributed by atoms with E-state index in [1.165, 1.54) is 0 Å². The minimum Gasteiger partial charge on any atom is -0.483 e. The van der Waals surface area contributed by atoms with Gasteiger partial charge in [-0.1, -0.05) is 55.8 Å². The zero-order valence-electron chi connectivity index (χ0n) is 19.0. The summed E-state index contributed by atoms with van der Waals surface area (Å²) in [7, 11) is 0. The maximum atomic E-state index is 13.1. The zero-order valence-corrected chi connectivity index (χ0v) is 19.0. The van der Waals surface area contributed by atoms with Crippen molar-refractivity contribution in [2.45, 2.75) is 54.1 Å². The molecular weight excluding hydrogens is 376 g/mol. The van der Waals surface area contributed by atoms with Gasteiger partial charge in [0.05, 0.1) is 0 Å². The highest BCUT2D eigenvalue weighted by Gasteiger charge is 2.26. The van der Waals surface area contributed by atoms with Gasteiger partial charge in [0.2, 0.25) is 5.91 Å². The molecule has 2 aromatic rings. The molecule has 0 saturated heterocycles. The van der Waals surface area contributed by atoms with Crippen LogP contribution < -0.4 is 10.1 Å². The van der Waals surface area contributed by atoms with Gasteiger partial charge in [-0.2, -0.15) is 0 Å². The summed E-state index contributed by atoms with van der Waals surface area (Å²) in [5, 5.41) is 2.93. The molecule has 162 valence electrons. The van der Waals surface area contributed by atoms with E-state index in [4.69, 9.17) is 4.74 Å². The van der Waals surface area contributed by atoms with E-state index in [-0.39, 0.29) is 18.4 Å². The Hall–Kier alpha value is -2.82. The number of nitrogens with one attached hydrogen (secondary N) is 1. The van der Waals surface area contributed by atoms with Crippen molar-refractivity contribution in [3.63, 3.8) is 0 Å². The van der Waals surface area contributed by atoms with Gasteiger partial charge in [-0.3, -0.25) is 9.59 Å². The average Bonchev–Trinajstić information content (AvgIpc) is 2.71.